The van der Waals surface area contributed by atoms with Gasteiger partial charge in [-0.3, -0.25) is 14.3 Å². The van der Waals surface area contributed by atoms with Crippen LogP contribution < -0.4 is 10.0 Å². The SMILES string of the molecule is CCC(=O)Nc1ccc(C(=O)CSc2nnc(-c3ccc(NS(C)(=O)=O)cc3)n2CC)cc1. The van der Waals surface area contributed by atoms with Gasteiger partial charge in [0.25, 0.3) is 0 Å². The van der Waals surface area contributed by atoms with Crippen molar-refractivity contribution in [3.63, 3.8) is 0 Å². The number of benzene rings is 2. The summed E-state index contributed by atoms with van der Waals surface area (Å²) in [7, 11) is -3.35. The Morgan fingerprint density at radius 2 is 1.61 bits per heavy atom. The van der Waals surface area contributed by atoms with E-state index in [9.17, 15) is 18.0 Å². The normalized spacial score (nSPS) is 11.2. The van der Waals surface area contributed by atoms with Gasteiger partial charge >= 0.3 is 0 Å². The number of rotatable bonds is 10. The molecule has 11 heteroatoms. The van der Waals surface area contributed by atoms with Gasteiger partial charge in [-0.1, -0.05) is 18.7 Å². The second-order valence-corrected chi connectivity index (χ2v) is 9.88. The zero-order valence-corrected chi connectivity index (χ0v) is 20.2. The molecule has 0 bridgehead atoms. The Morgan fingerprint density at radius 3 is 2.18 bits per heavy atom. The first-order chi connectivity index (χ1) is 15.7. The van der Waals surface area contributed by atoms with Crippen LogP contribution in [0.15, 0.2) is 53.7 Å². The number of nitrogens with one attached hydrogen (secondary N) is 2. The highest BCUT2D eigenvalue weighted by Gasteiger charge is 2.16. The molecule has 0 spiro atoms. The van der Waals surface area contributed by atoms with Gasteiger partial charge in [-0.25, -0.2) is 8.42 Å². The third-order valence-electron chi connectivity index (χ3n) is 4.62. The molecule has 2 N–H and O–H groups in total. The molecule has 0 aliphatic rings. The summed E-state index contributed by atoms with van der Waals surface area (Å²) in [6.45, 7) is 4.34. The van der Waals surface area contributed by atoms with Gasteiger partial charge in [-0.15, -0.1) is 10.2 Å². The van der Waals surface area contributed by atoms with Crippen molar-refractivity contribution in [3.8, 4) is 11.4 Å². The molecule has 0 fully saturated rings. The first-order valence-corrected chi connectivity index (χ1v) is 13.1. The van der Waals surface area contributed by atoms with E-state index in [0.29, 0.717) is 40.9 Å². The Bertz CT molecular complexity index is 1240. The maximum Gasteiger partial charge on any atom is 0.229 e. The highest BCUT2D eigenvalue weighted by molar-refractivity contribution is 7.99. The molecule has 1 aromatic heterocycles. The number of amides is 1. The predicted molar refractivity (Wildman–Crippen MR) is 130 cm³/mol. The second-order valence-electron chi connectivity index (χ2n) is 7.19. The number of Topliss-reactive ketones (excluding diaryl/α,β-unsaturated/α-hetero) is 1. The average Bonchev–Trinajstić information content (AvgIpc) is 3.20. The maximum atomic E-state index is 12.6. The smallest absolute Gasteiger partial charge is 0.229 e. The topological polar surface area (TPSA) is 123 Å². The molecular weight excluding hydrogens is 462 g/mol. The second kappa shape index (κ2) is 10.6. The van der Waals surface area contributed by atoms with Crippen molar-refractivity contribution in [3.05, 3.63) is 54.1 Å². The van der Waals surface area contributed by atoms with Crippen LogP contribution in [-0.4, -0.2) is 46.9 Å². The first-order valence-electron chi connectivity index (χ1n) is 10.3. The van der Waals surface area contributed by atoms with Crippen LogP contribution in [0.2, 0.25) is 0 Å². The van der Waals surface area contributed by atoms with Crippen LogP contribution in [0.1, 0.15) is 30.6 Å². The van der Waals surface area contributed by atoms with Crippen LogP contribution >= 0.6 is 11.8 Å². The van der Waals surface area contributed by atoms with Crippen LogP contribution in [0.25, 0.3) is 11.4 Å². The van der Waals surface area contributed by atoms with Gasteiger partial charge in [0.2, 0.25) is 15.9 Å². The first kappa shape index (κ1) is 24.5. The molecule has 33 heavy (non-hydrogen) atoms. The summed E-state index contributed by atoms with van der Waals surface area (Å²) in [5.41, 5.74) is 2.45. The standard InChI is InChI=1S/C22H25N5O4S2/c1-4-20(29)23-17-10-6-15(7-11-17)19(28)14-32-22-25-24-21(27(22)5-2)16-8-12-18(13-9-16)26-33(3,30)31/h6-13,26H,4-5,14H2,1-3H3,(H,23,29). The largest absolute Gasteiger partial charge is 0.326 e. The zero-order valence-electron chi connectivity index (χ0n) is 18.5. The van der Waals surface area contributed by atoms with E-state index in [1.807, 2.05) is 11.5 Å². The third kappa shape index (κ3) is 6.65. The van der Waals surface area contributed by atoms with Gasteiger partial charge in [0.15, 0.2) is 16.8 Å². The van der Waals surface area contributed by atoms with Crippen LogP contribution in [0.5, 0.6) is 0 Å². The summed E-state index contributed by atoms with van der Waals surface area (Å²) in [6, 6.07) is 13.7. The molecule has 0 aliphatic carbocycles. The minimum atomic E-state index is -3.35. The number of ketones is 1. The Labute approximate surface area is 197 Å². The number of thioether (sulfide) groups is 1. The molecule has 0 saturated carbocycles. The number of sulfonamides is 1. The van der Waals surface area contributed by atoms with E-state index < -0.39 is 10.0 Å². The molecule has 0 unspecified atom stereocenters. The summed E-state index contributed by atoms with van der Waals surface area (Å²) < 4.78 is 27.1. The lowest BCUT2D eigenvalue weighted by molar-refractivity contribution is -0.115. The van der Waals surface area contributed by atoms with Gasteiger partial charge in [0, 0.05) is 35.5 Å². The molecule has 0 aliphatic heterocycles. The minimum absolute atomic E-state index is 0.0585. The average molecular weight is 488 g/mol. The molecule has 1 amide bonds. The van der Waals surface area contributed by atoms with Crippen molar-refractivity contribution >= 4 is 44.9 Å². The van der Waals surface area contributed by atoms with Crippen molar-refractivity contribution in [1.82, 2.24) is 14.8 Å². The van der Waals surface area contributed by atoms with Crippen molar-refractivity contribution in [1.29, 1.82) is 0 Å². The van der Waals surface area contributed by atoms with Crippen molar-refractivity contribution in [2.45, 2.75) is 32.0 Å². The lowest BCUT2D eigenvalue weighted by Gasteiger charge is -2.09. The van der Waals surface area contributed by atoms with E-state index >= 15 is 0 Å². The molecule has 3 rings (SSSR count). The number of carbonyl (C=O) groups is 2. The molecule has 174 valence electrons. The monoisotopic (exact) mass is 487 g/mol. The van der Waals surface area contributed by atoms with Gasteiger partial charge in [-0.05, 0) is 55.5 Å². The van der Waals surface area contributed by atoms with Gasteiger partial charge in [0.1, 0.15) is 0 Å². The molecular formula is C22H25N5O4S2. The Hall–Kier alpha value is -3.18. The molecule has 0 saturated heterocycles. The number of carbonyl (C=O) groups excluding carboxylic acids is 2. The summed E-state index contributed by atoms with van der Waals surface area (Å²) >= 11 is 1.30. The van der Waals surface area contributed by atoms with Gasteiger partial charge in [-0.2, -0.15) is 0 Å². The van der Waals surface area contributed by atoms with Crippen molar-refractivity contribution in [2.75, 3.05) is 22.0 Å². The Morgan fingerprint density at radius 1 is 0.970 bits per heavy atom. The number of anilines is 2. The van der Waals surface area contributed by atoms with E-state index in [1.165, 1.54) is 11.8 Å². The van der Waals surface area contributed by atoms with Crippen molar-refractivity contribution < 1.29 is 18.0 Å². The quantitative estimate of drug-likeness (QED) is 0.330. The van der Waals surface area contributed by atoms with E-state index in [0.717, 1.165) is 11.8 Å². The Kier molecular flexibility index (Phi) is 7.88. The summed E-state index contributed by atoms with van der Waals surface area (Å²) in [6.07, 6.45) is 1.48. The summed E-state index contributed by atoms with van der Waals surface area (Å²) in [5, 5.41) is 11.9. The molecule has 2 aromatic carbocycles. The number of hydrogen-bond acceptors (Lipinski definition) is 7. The number of nitrogens with zero attached hydrogens (tertiary/aromatic N) is 3. The minimum Gasteiger partial charge on any atom is -0.326 e. The molecule has 0 atom stereocenters. The number of aromatic nitrogens is 3. The third-order valence-corrected chi connectivity index (χ3v) is 6.20. The number of hydrogen-bond donors (Lipinski definition) is 2. The van der Waals surface area contributed by atoms with E-state index in [4.69, 9.17) is 0 Å². The molecule has 1 heterocycles. The van der Waals surface area contributed by atoms with Crippen LogP contribution in [-0.2, 0) is 21.4 Å². The van der Waals surface area contributed by atoms with Crippen LogP contribution in [0.3, 0.4) is 0 Å². The Balaban J connectivity index is 1.68. The fourth-order valence-electron chi connectivity index (χ4n) is 3.00. The lowest BCUT2D eigenvalue weighted by Crippen LogP contribution is -2.10. The van der Waals surface area contributed by atoms with Gasteiger partial charge in [0.05, 0.1) is 12.0 Å². The van der Waals surface area contributed by atoms with E-state index in [2.05, 4.69) is 20.2 Å². The molecule has 9 nitrogen and oxygen atoms in total. The molecule has 3 aromatic rings. The fraction of sp³-hybridized carbons (Fsp3) is 0.273. The van der Waals surface area contributed by atoms with Gasteiger partial charge < -0.3 is 9.88 Å². The highest BCUT2D eigenvalue weighted by atomic mass is 32.2. The van der Waals surface area contributed by atoms with E-state index in [1.54, 1.807) is 55.5 Å². The fourth-order valence-corrected chi connectivity index (χ4v) is 4.46. The van der Waals surface area contributed by atoms with E-state index in [-0.39, 0.29) is 17.4 Å². The maximum absolute atomic E-state index is 12.6. The predicted octanol–water partition coefficient (Wildman–Crippen LogP) is 3.66. The van der Waals surface area contributed by atoms with Crippen molar-refractivity contribution in [2.24, 2.45) is 0 Å². The van der Waals surface area contributed by atoms with Crippen LogP contribution in [0.4, 0.5) is 11.4 Å². The zero-order chi connectivity index (χ0) is 24.0. The molecule has 0 radical (unpaired) electrons. The summed E-state index contributed by atoms with van der Waals surface area (Å²) in [5.74, 6) is 0.683. The van der Waals surface area contributed by atoms with Crippen LogP contribution in [0, 0.1) is 0 Å². The lowest BCUT2D eigenvalue weighted by atomic mass is 10.1. The highest BCUT2D eigenvalue weighted by Crippen LogP contribution is 2.26. The summed E-state index contributed by atoms with van der Waals surface area (Å²) in [4.78, 5) is 24.1.